The summed E-state index contributed by atoms with van der Waals surface area (Å²) in [6, 6.07) is 10.00. The Bertz CT molecular complexity index is 758. The topological polar surface area (TPSA) is 36.4 Å². The number of rotatable bonds is 3. The van der Waals surface area contributed by atoms with Gasteiger partial charge in [0.25, 0.3) is 0 Å². The van der Waals surface area contributed by atoms with Gasteiger partial charge in [0, 0.05) is 10.7 Å². The normalized spacial score (nSPS) is 11.5. The van der Waals surface area contributed by atoms with E-state index in [2.05, 4.69) is 15.8 Å². The van der Waals surface area contributed by atoms with Gasteiger partial charge in [0.05, 0.1) is 11.8 Å². The molecule has 0 saturated heterocycles. The van der Waals surface area contributed by atoms with E-state index in [4.69, 9.17) is 23.8 Å². The molecule has 0 amide bonds. The largest absolute Gasteiger partial charge is 0.416 e. The summed E-state index contributed by atoms with van der Waals surface area (Å²) >= 11 is 11.1. The SMILES string of the molecule is Cc1c(Cl)cccc1NC(=S)N/N=C\c1ccc(C(F)(F)F)cc1. The minimum absolute atomic E-state index is 0.239. The van der Waals surface area contributed by atoms with Gasteiger partial charge in [0.15, 0.2) is 5.11 Å². The number of nitrogens with one attached hydrogen (secondary N) is 2. The Hall–Kier alpha value is -2.12. The monoisotopic (exact) mass is 371 g/mol. The van der Waals surface area contributed by atoms with Gasteiger partial charge in [-0.25, -0.2) is 0 Å². The molecule has 0 unspecified atom stereocenters. The number of hydrazone groups is 1. The van der Waals surface area contributed by atoms with E-state index in [-0.39, 0.29) is 5.11 Å². The highest BCUT2D eigenvalue weighted by atomic mass is 35.5. The fourth-order valence-electron chi connectivity index (χ4n) is 1.82. The molecule has 3 nitrogen and oxygen atoms in total. The predicted molar refractivity (Wildman–Crippen MR) is 94.6 cm³/mol. The molecule has 0 aromatic heterocycles. The van der Waals surface area contributed by atoms with Crippen LogP contribution in [0.15, 0.2) is 47.6 Å². The third kappa shape index (κ3) is 4.94. The molecule has 0 radical (unpaired) electrons. The summed E-state index contributed by atoms with van der Waals surface area (Å²) in [7, 11) is 0. The number of halogens is 4. The number of alkyl halides is 3. The lowest BCUT2D eigenvalue weighted by Gasteiger charge is -2.10. The highest BCUT2D eigenvalue weighted by molar-refractivity contribution is 7.80. The summed E-state index contributed by atoms with van der Waals surface area (Å²) in [6.07, 6.45) is -2.98. The maximum atomic E-state index is 12.5. The molecule has 8 heteroatoms. The van der Waals surface area contributed by atoms with Crippen LogP contribution in [0.1, 0.15) is 16.7 Å². The molecular weight excluding hydrogens is 359 g/mol. The zero-order chi connectivity index (χ0) is 17.7. The van der Waals surface area contributed by atoms with Crippen molar-refractivity contribution in [2.75, 3.05) is 5.32 Å². The summed E-state index contributed by atoms with van der Waals surface area (Å²) in [6.45, 7) is 1.85. The number of anilines is 1. The van der Waals surface area contributed by atoms with Crippen molar-refractivity contribution in [1.29, 1.82) is 0 Å². The number of hydrogen-bond donors (Lipinski definition) is 2. The highest BCUT2D eigenvalue weighted by Gasteiger charge is 2.29. The third-order valence-electron chi connectivity index (χ3n) is 3.13. The van der Waals surface area contributed by atoms with Crippen molar-refractivity contribution in [2.45, 2.75) is 13.1 Å². The second-order valence-electron chi connectivity index (χ2n) is 4.86. The molecule has 0 spiro atoms. The van der Waals surface area contributed by atoms with Crippen molar-refractivity contribution in [3.8, 4) is 0 Å². The van der Waals surface area contributed by atoms with Crippen LogP contribution in [0.4, 0.5) is 18.9 Å². The summed E-state index contributed by atoms with van der Waals surface area (Å²) in [5.74, 6) is 0. The molecule has 0 atom stereocenters. The quantitative estimate of drug-likeness (QED) is 0.453. The van der Waals surface area contributed by atoms with Crippen molar-refractivity contribution in [3.05, 3.63) is 64.2 Å². The van der Waals surface area contributed by atoms with Gasteiger partial charge in [-0.3, -0.25) is 5.43 Å². The summed E-state index contributed by atoms with van der Waals surface area (Å²) in [5.41, 5.74) is 3.98. The Morgan fingerprint density at radius 1 is 1.17 bits per heavy atom. The number of hydrogen-bond acceptors (Lipinski definition) is 2. The van der Waals surface area contributed by atoms with E-state index in [1.165, 1.54) is 18.3 Å². The Morgan fingerprint density at radius 3 is 2.46 bits per heavy atom. The molecule has 126 valence electrons. The molecule has 0 aliphatic heterocycles. The number of nitrogens with zero attached hydrogens (tertiary/aromatic N) is 1. The lowest BCUT2D eigenvalue weighted by atomic mass is 10.1. The van der Waals surface area contributed by atoms with Gasteiger partial charge in [-0.1, -0.05) is 29.8 Å². The number of benzene rings is 2. The Kier molecular flexibility index (Phi) is 5.80. The van der Waals surface area contributed by atoms with E-state index in [0.29, 0.717) is 10.6 Å². The average Bonchev–Trinajstić information content (AvgIpc) is 2.51. The van der Waals surface area contributed by atoms with Crippen molar-refractivity contribution < 1.29 is 13.2 Å². The van der Waals surface area contributed by atoms with E-state index in [9.17, 15) is 13.2 Å². The maximum absolute atomic E-state index is 12.5. The van der Waals surface area contributed by atoms with Crippen LogP contribution in [0, 0.1) is 6.92 Å². The third-order valence-corrected chi connectivity index (χ3v) is 3.74. The van der Waals surface area contributed by atoms with Crippen LogP contribution in [-0.4, -0.2) is 11.3 Å². The van der Waals surface area contributed by atoms with Crippen LogP contribution < -0.4 is 10.7 Å². The lowest BCUT2D eigenvalue weighted by molar-refractivity contribution is -0.137. The standard InChI is InChI=1S/C16H13ClF3N3S/c1-10-13(17)3-2-4-14(10)22-15(24)23-21-9-11-5-7-12(8-6-11)16(18,19)20/h2-9H,1H3,(H2,22,23,24)/b21-9-. The van der Waals surface area contributed by atoms with Gasteiger partial charge >= 0.3 is 6.18 Å². The summed E-state index contributed by atoms with van der Waals surface area (Å²) in [4.78, 5) is 0. The van der Waals surface area contributed by atoms with Crippen LogP contribution in [0.2, 0.25) is 5.02 Å². The first-order valence-corrected chi connectivity index (χ1v) is 7.58. The zero-order valence-corrected chi connectivity index (χ0v) is 14.1. The Balaban J connectivity index is 1.94. The minimum atomic E-state index is -4.35. The van der Waals surface area contributed by atoms with E-state index >= 15 is 0 Å². The van der Waals surface area contributed by atoms with E-state index < -0.39 is 11.7 Å². The fourth-order valence-corrected chi connectivity index (χ4v) is 2.15. The van der Waals surface area contributed by atoms with Crippen molar-refractivity contribution >= 4 is 40.8 Å². The molecule has 0 heterocycles. The molecule has 0 aliphatic rings. The lowest BCUT2D eigenvalue weighted by Crippen LogP contribution is -2.24. The molecular formula is C16H13ClF3N3S. The van der Waals surface area contributed by atoms with Crippen LogP contribution in [0.5, 0.6) is 0 Å². The van der Waals surface area contributed by atoms with Crippen LogP contribution >= 0.6 is 23.8 Å². The molecule has 2 aromatic rings. The first-order valence-electron chi connectivity index (χ1n) is 6.80. The van der Waals surface area contributed by atoms with Gasteiger partial charge < -0.3 is 5.32 Å². The molecule has 0 fully saturated rings. The zero-order valence-electron chi connectivity index (χ0n) is 12.5. The van der Waals surface area contributed by atoms with Gasteiger partial charge in [0.1, 0.15) is 0 Å². The highest BCUT2D eigenvalue weighted by Crippen LogP contribution is 2.28. The molecule has 2 N–H and O–H groups in total. The molecule has 2 rings (SSSR count). The second-order valence-corrected chi connectivity index (χ2v) is 5.67. The first-order chi connectivity index (χ1) is 11.3. The molecule has 0 aliphatic carbocycles. The number of thiocarbonyl (C=S) groups is 1. The first kappa shape index (κ1) is 18.2. The van der Waals surface area contributed by atoms with Crippen molar-refractivity contribution in [1.82, 2.24) is 5.43 Å². The summed E-state index contributed by atoms with van der Waals surface area (Å²) in [5, 5.41) is 7.68. The smallest absolute Gasteiger partial charge is 0.331 e. The van der Waals surface area contributed by atoms with Gasteiger partial charge in [0.2, 0.25) is 0 Å². The van der Waals surface area contributed by atoms with Gasteiger partial charge in [-0.2, -0.15) is 18.3 Å². The van der Waals surface area contributed by atoms with Crippen LogP contribution in [0.3, 0.4) is 0 Å². The van der Waals surface area contributed by atoms with Crippen molar-refractivity contribution in [2.24, 2.45) is 5.10 Å². The van der Waals surface area contributed by atoms with Gasteiger partial charge in [-0.15, -0.1) is 0 Å². The van der Waals surface area contributed by atoms with E-state index in [1.54, 1.807) is 12.1 Å². The fraction of sp³-hybridized carbons (Fsp3) is 0.125. The van der Waals surface area contributed by atoms with E-state index in [0.717, 1.165) is 23.4 Å². The Morgan fingerprint density at radius 2 is 1.83 bits per heavy atom. The minimum Gasteiger partial charge on any atom is -0.331 e. The molecule has 24 heavy (non-hydrogen) atoms. The molecule has 0 bridgehead atoms. The maximum Gasteiger partial charge on any atom is 0.416 e. The van der Waals surface area contributed by atoms with Crippen LogP contribution in [0.25, 0.3) is 0 Å². The second kappa shape index (κ2) is 7.63. The van der Waals surface area contributed by atoms with Crippen molar-refractivity contribution in [3.63, 3.8) is 0 Å². The van der Waals surface area contributed by atoms with Gasteiger partial charge in [-0.05, 0) is 54.5 Å². The predicted octanol–water partition coefficient (Wildman–Crippen LogP) is 4.99. The Labute approximate surface area is 147 Å². The molecule has 2 aromatic carbocycles. The average molecular weight is 372 g/mol. The van der Waals surface area contributed by atoms with E-state index in [1.807, 2.05) is 13.0 Å². The van der Waals surface area contributed by atoms with Crippen LogP contribution in [-0.2, 0) is 6.18 Å². The summed E-state index contributed by atoms with van der Waals surface area (Å²) < 4.78 is 37.4. The molecule has 0 saturated carbocycles.